The number of nitrogens with zero attached hydrogens (tertiary/aromatic N) is 2. The normalized spacial score (nSPS) is 12.9. The summed E-state index contributed by atoms with van der Waals surface area (Å²) in [4.78, 5) is 25.1. The van der Waals surface area contributed by atoms with Crippen LogP contribution in [0.2, 0.25) is 0 Å². The maximum absolute atomic E-state index is 11.0. The van der Waals surface area contributed by atoms with Gasteiger partial charge in [-0.3, -0.25) is 14.9 Å². The number of fused-ring (bicyclic) bond motifs is 5. The molecule has 8 heteroatoms. The summed E-state index contributed by atoms with van der Waals surface area (Å²) in [7, 11) is 0. The molecule has 1 N–H and O–H groups in total. The molecule has 5 aromatic rings. The molecule has 0 unspecified atom stereocenters. The summed E-state index contributed by atoms with van der Waals surface area (Å²) >= 11 is 0. The van der Waals surface area contributed by atoms with Crippen LogP contribution in [0.25, 0.3) is 44.0 Å². The van der Waals surface area contributed by atoms with Crippen molar-refractivity contribution in [2.75, 3.05) is 0 Å². The Hall–Kier alpha value is -3.87. The number of aromatic nitrogens is 1. The number of hydrogen-bond acceptors (Lipinski definition) is 6. The van der Waals surface area contributed by atoms with Crippen LogP contribution in [0.4, 0.5) is 5.69 Å². The number of carbonyl (C=O) groups is 1. The van der Waals surface area contributed by atoms with Crippen molar-refractivity contribution < 1.29 is 39.3 Å². The van der Waals surface area contributed by atoms with E-state index in [4.69, 9.17) is 9.52 Å². The van der Waals surface area contributed by atoms with E-state index in [1.807, 2.05) is 6.07 Å². The predicted molar refractivity (Wildman–Crippen MR) is 144 cm³/mol. The van der Waals surface area contributed by atoms with Gasteiger partial charge < -0.3 is 14.5 Å². The number of aliphatic hydroxyl groups is 1. The third-order valence-electron chi connectivity index (χ3n) is 6.49. The van der Waals surface area contributed by atoms with E-state index in [0.717, 1.165) is 56.8 Å². The quantitative estimate of drug-likeness (QED) is 0.0697. The van der Waals surface area contributed by atoms with Crippen LogP contribution in [0.15, 0.2) is 71.0 Å². The second-order valence-corrected chi connectivity index (χ2v) is 9.27. The molecule has 3 aromatic carbocycles. The van der Waals surface area contributed by atoms with Crippen molar-refractivity contribution in [1.82, 2.24) is 4.98 Å². The average molecular weight is 686 g/mol. The Morgan fingerprint density at radius 3 is 2.32 bits per heavy atom. The molecule has 2 aromatic heterocycles. The molecule has 38 heavy (non-hydrogen) atoms. The molecular weight excluding hydrogens is 661 g/mol. The first kappa shape index (κ1) is 27.2. The fraction of sp³-hybridized carbons (Fsp3) is 0.200. The van der Waals surface area contributed by atoms with Gasteiger partial charge in [0.25, 0.3) is 0 Å². The number of aryl methyl sites for hydroxylation is 2. The Bertz CT molecular complexity index is 1700. The van der Waals surface area contributed by atoms with E-state index in [2.05, 4.69) is 35.3 Å². The number of furan rings is 1. The van der Waals surface area contributed by atoms with Gasteiger partial charge >= 0.3 is 0 Å². The van der Waals surface area contributed by atoms with Crippen molar-refractivity contribution in [2.24, 2.45) is 0 Å². The average Bonchev–Trinajstić information content (AvgIpc) is 3.21. The van der Waals surface area contributed by atoms with Crippen molar-refractivity contribution in [1.29, 1.82) is 0 Å². The summed E-state index contributed by atoms with van der Waals surface area (Å²) in [6, 6.07) is 18.2. The maximum Gasteiger partial charge on any atom is 0.190 e. The summed E-state index contributed by atoms with van der Waals surface area (Å²) in [5.41, 5.74) is 6.13. The molecule has 0 atom stereocenters. The zero-order valence-electron chi connectivity index (χ0n) is 20.9. The van der Waals surface area contributed by atoms with Crippen molar-refractivity contribution in [3.8, 4) is 11.3 Å². The van der Waals surface area contributed by atoms with Crippen LogP contribution in [0.3, 0.4) is 0 Å². The minimum absolute atomic E-state index is 0. The zero-order valence-corrected chi connectivity index (χ0v) is 23.3. The largest absolute Gasteiger partial charge is 0.512 e. The Morgan fingerprint density at radius 2 is 1.71 bits per heavy atom. The smallest absolute Gasteiger partial charge is 0.190 e. The number of pyridine rings is 1. The van der Waals surface area contributed by atoms with Crippen LogP contribution in [-0.4, -0.2) is 20.8 Å². The topological polar surface area (TPSA) is 106 Å². The molecule has 1 radical (unpaired) electrons. The first-order valence-electron chi connectivity index (χ1n) is 12.1. The van der Waals surface area contributed by atoms with E-state index in [0.29, 0.717) is 0 Å². The van der Waals surface area contributed by atoms with Gasteiger partial charge in [-0.15, -0.1) is 17.7 Å². The van der Waals surface area contributed by atoms with E-state index in [1.165, 1.54) is 56.0 Å². The summed E-state index contributed by atoms with van der Waals surface area (Å²) in [6.45, 7) is 2.85. The van der Waals surface area contributed by atoms with Gasteiger partial charge in [0.05, 0.1) is 5.76 Å². The molecule has 6 rings (SSSR count). The molecule has 0 saturated carbocycles. The molecule has 1 aliphatic rings. The van der Waals surface area contributed by atoms with E-state index >= 15 is 0 Å². The molecule has 0 bridgehead atoms. The fourth-order valence-corrected chi connectivity index (χ4v) is 4.86. The predicted octanol–water partition coefficient (Wildman–Crippen LogP) is 7.42. The van der Waals surface area contributed by atoms with Gasteiger partial charge in [-0.2, -0.15) is 0 Å². The number of allylic oxidation sites excluding steroid dienone is 2. The molecule has 0 spiro atoms. The van der Waals surface area contributed by atoms with Crippen molar-refractivity contribution in [3.05, 3.63) is 93.9 Å². The number of non-ortho nitro benzene ring substituents is 1. The fourth-order valence-electron chi connectivity index (χ4n) is 4.86. The summed E-state index contributed by atoms with van der Waals surface area (Å²) in [5.74, 6) is -0.0625. The number of nitro groups is 1. The van der Waals surface area contributed by atoms with Gasteiger partial charge in [-0.1, -0.05) is 12.1 Å². The second kappa shape index (κ2) is 11.3. The van der Waals surface area contributed by atoms with Crippen molar-refractivity contribution in [2.45, 2.75) is 39.5 Å². The molecule has 2 heterocycles. The van der Waals surface area contributed by atoms with Crippen molar-refractivity contribution >= 4 is 44.2 Å². The Morgan fingerprint density at radius 1 is 1.03 bits per heavy atom. The molecule has 0 aliphatic heterocycles. The monoisotopic (exact) mass is 686 g/mol. The number of rotatable bonds is 3. The van der Waals surface area contributed by atoms with Crippen LogP contribution >= 0.6 is 0 Å². The summed E-state index contributed by atoms with van der Waals surface area (Å²) in [5, 5.41) is 23.5. The van der Waals surface area contributed by atoms with E-state index in [9.17, 15) is 14.9 Å². The Balaban J connectivity index is 0.000000375. The maximum atomic E-state index is 11.0. The minimum Gasteiger partial charge on any atom is -0.512 e. The SMILES string of the molecule is CC(=O)/C=C(/C)O.O=[N+]([O-])c1c[c-]c(-c2nccc3cc4oc5cc6c(cc5c4cc23)CCCC6)cc1.[Ir]. The number of aliphatic hydroxyl groups excluding tert-OH is 1. The van der Waals surface area contributed by atoms with Gasteiger partial charge in [0.2, 0.25) is 0 Å². The summed E-state index contributed by atoms with van der Waals surface area (Å²) in [6.07, 6.45) is 7.63. The van der Waals surface area contributed by atoms with Crippen LogP contribution in [0.1, 0.15) is 37.8 Å². The van der Waals surface area contributed by atoms with Gasteiger partial charge in [-0.05, 0) is 97.5 Å². The van der Waals surface area contributed by atoms with E-state index in [1.54, 1.807) is 12.3 Å². The van der Waals surface area contributed by atoms with E-state index in [-0.39, 0.29) is 37.3 Å². The van der Waals surface area contributed by atoms with Crippen molar-refractivity contribution in [3.63, 3.8) is 0 Å². The standard InChI is InChI=1S/C25H17N2O3.C5H8O2.Ir/c28-27(29)19-7-5-15(6-8-19)25-20-14-22-21-11-16-3-1-2-4-17(16)12-23(21)30-24(22)13-18(20)9-10-26-25;1-4(6)3-5(2)7;/h5,7-14H,1-4H2;3,6H,1-2H3;/q-1;;/b;4-3-;. The molecule has 195 valence electrons. The van der Waals surface area contributed by atoms with Crippen LogP contribution in [-0.2, 0) is 37.7 Å². The minimum atomic E-state index is -0.418. The number of carbonyl (C=O) groups excluding carboxylic acids is 1. The number of ketones is 1. The molecule has 0 amide bonds. The second-order valence-electron chi connectivity index (χ2n) is 9.27. The molecule has 7 nitrogen and oxygen atoms in total. The number of nitro benzene ring substituents is 1. The molecule has 0 fully saturated rings. The third kappa shape index (κ3) is 5.52. The van der Waals surface area contributed by atoms with Gasteiger partial charge in [0.15, 0.2) is 11.5 Å². The molecular formula is C30H25IrN2O5-. The van der Waals surface area contributed by atoms with E-state index < -0.39 is 4.92 Å². The number of benzene rings is 3. The Kier molecular flexibility index (Phi) is 8.05. The molecule has 1 aliphatic carbocycles. The van der Waals surface area contributed by atoms with Gasteiger partial charge in [0.1, 0.15) is 11.2 Å². The molecule has 0 saturated heterocycles. The Labute approximate surface area is 232 Å². The van der Waals surface area contributed by atoms with Crippen LogP contribution < -0.4 is 0 Å². The van der Waals surface area contributed by atoms with Gasteiger partial charge in [0, 0.05) is 48.1 Å². The first-order valence-corrected chi connectivity index (χ1v) is 12.1. The number of hydrogen-bond donors (Lipinski definition) is 1. The third-order valence-corrected chi connectivity index (χ3v) is 6.49. The van der Waals surface area contributed by atoms with Gasteiger partial charge in [-0.25, -0.2) is 0 Å². The first-order chi connectivity index (χ1) is 17.8. The van der Waals surface area contributed by atoms with Crippen LogP contribution in [0.5, 0.6) is 0 Å². The zero-order chi connectivity index (χ0) is 26.1. The van der Waals surface area contributed by atoms with Crippen LogP contribution in [0, 0.1) is 16.2 Å². The summed E-state index contributed by atoms with van der Waals surface area (Å²) < 4.78 is 6.21.